The molecule has 0 aliphatic heterocycles. The zero-order chi connectivity index (χ0) is 15.1. The number of carbonyl (C=O) groups excluding carboxylic acids is 2. The molecule has 1 aromatic rings. The summed E-state index contributed by atoms with van der Waals surface area (Å²) in [5, 5.41) is 11.3. The van der Waals surface area contributed by atoms with Crippen LogP contribution in [0.15, 0.2) is 24.3 Å². The fraction of sp³-hybridized carbons (Fsp3) is 0.385. The number of benzene rings is 1. The lowest BCUT2D eigenvalue weighted by Crippen LogP contribution is -2.37. The maximum atomic E-state index is 12.4. The third-order valence-corrected chi connectivity index (χ3v) is 2.47. The van der Waals surface area contributed by atoms with Gasteiger partial charge in [0.1, 0.15) is 0 Å². The van der Waals surface area contributed by atoms with Crippen LogP contribution in [0.4, 0.5) is 14.5 Å². The lowest BCUT2D eigenvalue weighted by molar-refractivity contribution is -0.114. The number of nitrogens with one attached hydrogen (secondary N) is 1. The molecule has 0 heterocycles. The number of aliphatic hydroxyl groups excluding tert-OH is 1. The number of aliphatic hydroxyl groups is 1. The molecule has 0 saturated heterocycles. The summed E-state index contributed by atoms with van der Waals surface area (Å²) in [4.78, 5) is 23.7. The standard InChI is InChI=1S/C13H16F2N2O3/c1-9(19)16-11-4-2-10(3-5-11)13(20)17(6-7-18)8-12(14)15/h2-5,12,18H,6-8H2,1H3,(H,16,19). The van der Waals surface area contributed by atoms with Crippen molar-refractivity contribution in [1.82, 2.24) is 4.90 Å². The Kier molecular flexibility index (Phi) is 6.05. The zero-order valence-corrected chi connectivity index (χ0v) is 11.0. The van der Waals surface area contributed by atoms with E-state index in [1.54, 1.807) is 0 Å². The third-order valence-electron chi connectivity index (χ3n) is 2.47. The van der Waals surface area contributed by atoms with Gasteiger partial charge in [-0.3, -0.25) is 9.59 Å². The average molecular weight is 286 g/mol. The van der Waals surface area contributed by atoms with Crippen molar-refractivity contribution in [3.63, 3.8) is 0 Å². The van der Waals surface area contributed by atoms with Gasteiger partial charge in [-0.05, 0) is 24.3 Å². The van der Waals surface area contributed by atoms with E-state index < -0.39 is 18.9 Å². The van der Waals surface area contributed by atoms with Crippen LogP contribution in [0.3, 0.4) is 0 Å². The van der Waals surface area contributed by atoms with E-state index in [1.165, 1.54) is 31.2 Å². The van der Waals surface area contributed by atoms with Gasteiger partial charge in [0.2, 0.25) is 5.91 Å². The Bertz CT molecular complexity index is 463. The SMILES string of the molecule is CC(=O)Nc1ccc(C(=O)N(CCO)CC(F)F)cc1. The summed E-state index contributed by atoms with van der Waals surface area (Å²) in [6, 6.07) is 5.88. The minimum atomic E-state index is -2.66. The molecule has 0 radical (unpaired) electrons. The van der Waals surface area contributed by atoms with E-state index in [0.717, 1.165) is 4.90 Å². The number of nitrogens with zero attached hydrogens (tertiary/aromatic N) is 1. The highest BCUT2D eigenvalue weighted by atomic mass is 19.3. The van der Waals surface area contributed by atoms with Crippen LogP contribution in [0.2, 0.25) is 0 Å². The van der Waals surface area contributed by atoms with Crippen LogP contribution in [-0.4, -0.2) is 47.9 Å². The van der Waals surface area contributed by atoms with E-state index in [4.69, 9.17) is 5.11 Å². The number of hydrogen-bond donors (Lipinski definition) is 2. The fourth-order valence-corrected chi connectivity index (χ4v) is 1.65. The number of carbonyl (C=O) groups is 2. The number of rotatable bonds is 6. The predicted octanol–water partition coefficient (Wildman–Crippen LogP) is 1.34. The molecule has 0 aliphatic carbocycles. The monoisotopic (exact) mass is 286 g/mol. The van der Waals surface area contributed by atoms with Crippen LogP contribution in [0.5, 0.6) is 0 Å². The number of hydrogen-bond acceptors (Lipinski definition) is 3. The normalized spacial score (nSPS) is 10.4. The average Bonchev–Trinajstić information content (AvgIpc) is 2.37. The van der Waals surface area contributed by atoms with Gasteiger partial charge >= 0.3 is 0 Å². The minimum absolute atomic E-state index is 0.156. The second kappa shape index (κ2) is 7.54. The van der Waals surface area contributed by atoms with E-state index in [9.17, 15) is 18.4 Å². The van der Waals surface area contributed by atoms with E-state index in [-0.39, 0.29) is 24.6 Å². The molecule has 7 heteroatoms. The maximum absolute atomic E-state index is 12.4. The lowest BCUT2D eigenvalue weighted by Gasteiger charge is -2.21. The molecule has 20 heavy (non-hydrogen) atoms. The number of alkyl halides is 2. The Morgan fingerprint density at radius 2 is 1.90 bits per heavy atom. The van der Waals surface area contributed by atoms with Gasteiger partial charge in [0.15, 0.2) is 0 Å². The number of halogens is 2. The van der Waals surface area contributed by atoms with Gasteiger partial charge in [0.05, 0.1) is 13.2 Å². The van der Waals surface area contributed by atoms with Crippen molar-refractivity contribution in [1.29, 1.82) is 0 Å². The van der Waals surface area contributed by atoms with Gasteiger partial charge in [-0.25, -0.2) is 8.78 Å². The molecule has 0 atom stereocenters. The summed E-state index contributed by atoms with van der Waals surface area (Å²) in [7, 11) is 0. The van der Waals surface area contributed by atoms with Crippen molar-refractivity contribution in [2.45, 2.75) is 13.3 Å². The van der Waals surface area contributed by atoms with Crippen LogP contribution < -0.4 is 5.32 Å². The molecule has 1 aromatic carbocycles. The first kappa shape index (κ1) is 16.0. The van der Waals surface area contributed by atoms with Gasteiger partial charge in [-0.1, -0.05) is 0 Å². The van der Waals surface area contributed by atoms with Crippen LogP contribution in [0, 0.1) is 0 Å². The number of anilines is 1. The smallest absolute Gasteiger partial charge is 0.255 e. The van der Waals surface area contributed by atoms with Crippen molar-refractivity contribution < 1.29 is 23.5 Å². The quantitative estimate of drug-likeness (QED) is 0.829. The molecule has 0 unspecified atom stereocenters. The maximum Gasteiger partial charge on any atom is 0.255 e. The van der Waals surface area contributed by atoms with Gasteiger partial charge in [0.25, 0.3) is 12.3 Å². The molecule has 110 valence electrons. The van der Waals surface area contributed by atoms with E-state index in [0.29, 0.717) is 5.69 Å². The fourth-order valence-electron chi connectivity index (χ4n) is 1.65. The summed E-state index contributed by atoms with van der Waals surface area (Å²) >= 11 is 0. The van der Waals surface area contributed by atoms with Gasteiger partial charge < -0.3 is 15.3 Å². The molecule has 0 aliphatic rings. The van der Waals surface area contributed by atoms with Crippen LogP contribution in [0.1, 0.15) is 17.3 Å². The first-order chi connectivity index (χ1) is 9.43. The second-order valence-corrected chi connectivity index (χ2v) is 4.12. The molecule has 5 nitrogen and oxygen atoms in total. The third kappa shape index (κ3) is 4.93. The lowest BCUT2D eigenvalue weighted by atomic mass is 10.1. The molecular weight excluding hydrogens is 270 g/mol. The van der Waals surface area contributed by atoms with Crippen molar-refractivity contribution in [2.24, 2.45) is 0 Å². The first-order valence-corrected chi connectivity index (χ1v) is 6.00. The van der Waals surface area contributed by atoms with E-state index in [2.05, 4.69) is 5.32 Å². The molecule has 1 rings (SSSR count). The van der Waals surface area contributed by atoms with Gasteiger partial charge in [-0.2, -0.15) is 0 Å². The van der Waals surface area contributed by atoms with Crippen molar-refractivity contribution in [3.8, 4) is 0 Å². The molecule has 0 bridgehead atoms. The Labute approximate surface area is 115 Å². The summed E-state index contributed by atoms with van der Waals surface area (Å²) in [6.45, 7) is 0.0799. The largest absolute Gasteiger partial charge is 0.395 e. The molecule has 0 fully saturated rings. The highest BCUT2D eigenvalue weighted by Crippen LogP contribution is 2.12. The molecule has 0 aromatic heterocycles. The van der Waals surface area contributed by atoms with Gasteiger partial charge in [0, 0.05) is 24.7 Å². The van der Waals surface area contributed by atoms with Crippen LogP contribution in [0.25, 0.3) is 0 Å². The Morgan fingerprint density at radius 1 is 1.30 bits per heavy atom. The summed E-state index contributed by atoms with van der Waals surface area (Å²) in [6.07, 6.45) is -2.66. The van der Waals surface area contributed by atoms with E-state index >= 15 is 0 Å². The van der Waals surface area contributed by atoms with Gasteiger partial charge in [-0.15, -0.1) is 0 Å². The van der Waals surface area contributed by atoms with Crippen molar-refractivity contribution in [2.75, 3.05) is 25.0 Å². The molecule has 0 saturated carbocycles. The van der Waals surface area contributed by atoms with E-state index in [1.807, 2.05) is 0 Å². The second-order valence-electron chi connectivity index (χ2n) is 4.12. The first-order valence-electron chi connectivity index (χ1n) is 6.00. The Hall–Kier alpha value is -2.02. The molecule has 2 amide bonds. The summed E-state index contributed by atoms with van der Waals surface area (Å²) < 4.78 is 24.7. The Balaban J connectivity index is 2.80. The zero-order valence-electron chi connectivity index (χ0n) is 11.0. The highest BCUT2D eigenvalue weighted by Gasteiger charge is 2.19. The Morgan fingerprint density at radius 3 is 2.35 bits per heavy atom. The van der Waals surface area contributed by atoms with Crippen molar-refractivity contribution in [3.05, 3.63) is 29.8 Å². The van der Waals surface area contributed by atoms with Crippen LogP contribution in [-0.2, 0) is 4.79 Å². The topological polar surface area (TPSA) is 69.6 Å². The highest BCUT2D eigenvalue weighted by molar-refractivity contribution is 5.95. The molecular formula is C13H16F2N2O3. The minimum Gasteiger partial charge on any atom is -0.395 e. The predicted molar refractivity (Wildman–Crippen MR) is 69.7 cm³/mol. The summed E-state index contributed by atoms with van der Waals surface area (Å²) in [5.41, 5.74) is 0.727. The molecule has 0 spiro atoms. The summed E-state index contributed by atoms with van der Waals surface area (Å²) in [5.74, 6) is -0.836. The van der Waals surface area contributed by atoms with Crippen molar-refractivity contribution >= 4 is 17.5 Å². The van der Waals surface area contributed by atoms with Crippen LogP contribution >= 0.6 is 0 Å². The number of amides is 2. The molecule has 2 N–H and O–H groups in total.